The smallest absolute Gasteiger partial charge is 0.358 e. The Morgan fingerprint density at radius 3 is 3.00 bits per heavy atom. The van der Waals surface area contributed by atoms with Crippen LogP contribution in [0, 0.1) is 6.92 Å². The highest BCUT2D eigenvalue weighted by Gasteiger charge is 2.16. The van der Waals surface area contributed by atoms with Gasteiger partial charge in [-0.25, -0.2) is 9.78 Å². The fourth-order valence-corrected chi connectivity index (χ4v) is 2.60. The van der Waals surface area contributed by atoms with Gasteiger partial charge < -0.3 is 10.1 Å². The van der Waals surface area contributed by atoms with Crippen molar-refractivity contribution in [2.24, 2.45) is 7.05 Å². The zero-order chi connectivity index (χ0) is 14.5. The first-order chi connectivity index (χ1) is 9.60. The molecule has 0 unspecified atom stereocenters. The van der Waals surface area contributed by atoms with E-state index in [9.17, 15) is 4.79 Å². The molecule has 1 N–H and O–H groups in total. The highest BCUT2D eigenvalue weighted by atomic mass is 32.1. The molecule has 2 heterocycles. The zero-order valence-corrected chi connectivity index (χ0v) is 12.7. The Balaban J connectivity index is 1.90. The van der Waals surface area contributed by atoms with Crippen molar-refractivity contribution in [3.63, 3.8) is 0 Å². The molecular weight excluding hydrogens is 276 g/mol. The average molecular weight is 294 g/mol. The van der Waals surface area contributed by atoms with Gasteiger partial charge in [-0.15, -0.1) is 11.3 Å². The topological polar surface area (TPSA) is 69.0 Å². The number of carbonyl (C=O) groups excluding carboxylic acids is 1. The van der Waals surface area contributed by atoms with Gasteiger partial charge in [-0.2, -0.15) is 5.10 Å². The molecule has 6 nitrogen and oxygen atoms in total. The number of thiazole rings is 1. The molecule has 0 aromatic carbocycles. The molecule has 7 heteroatoms. The Bertz CT molecular complexity index is 591. The van der Waals surface area contributed by atoms with Crippen LogP contribution in [0.25, 0.3) is 0 Å². The summed E-state index contributed by atoms with van der Waals surface area (Å²) >= 11 is 1.47. The second-order valence-corrected chi connectivity index (χ2v) is 5.55. The second-order valence-electron chi connectivity index (χ2n) is 4.34. The summed E-state index contributed by atoms with van der Waals surface area (Å²) in [4.78, 5) is 16.8. The van der Waals surface area contributed by atoms with Crippen LogP contribution < -0.4 is 5.32 Å². The highest BCUT2D eigenvalue weighted by molar-refractivity contribution is 7.15. The number of carbonyl (C=O) groups is 1. The Kier molecular flexibility index (Phi) is 4.73. The quantitative estimate of drug-likeness (QED) is 0.825. The monoisotopic (exact) mass is 294 g/mol. The molecule has 0 spiro atoms. The van der Waals surface area contributed by atoms with Gasteiger partial charge in [0.1, 0.15) is 0 Å². The van der Waals surface area contributed by atoms with Gasteiger partial charge in [0.25, 0.3) is 0 Å². The number of anilines is 1. The number of ether oxygens (including phenoxy) is 1. The number of hydrogen-bond acceptors (Lipinski definition) is 6. The molecule has 0 aliphatic rings. The summed E-state index contributed by atoms with van der Waals surface area (Å²) in [5.41, 5.74) is 1.57. The molecule has 20 heavy (non-hydrogen) atoms. The van der Waals surface area contributed by atoms with Crippen LogP contribution in [0.1, 0.15) is 27.9 Å². The van der Waals surface area contributed by atoms with Crippen LogP contribution in [0.5, 0.6) is 0 Å². The van der Waals surface area contributed by atoms with Gasteiger partial charge in [0.05, 0.1) is 12.8 Å². The van der Waals surface area contributed by atoms with Crippen LogP contribution in [0.3, 0.4) is 0 Å². The van der Waals surface area contributed by atoms with Gasteiger partial charge in [0.2, 0.25) is 0 Å². The number of esters is 1. The minimum atomic E-state index is -0.360. The van der Waals surface area contributed by atoms with Crippen molar-refractivity contribution in [2.75, 3.05) is 18.5 Å². The number of nitrogens with zero attached hydrogens (tertiary/aromatic N) is 3. The summed E-state index contributed by atoms with van der Waals surface area (Å²) in [5.74, 6) is -0.360. The van der Waals surface area contributed by atoms with Crippen molar-refractivity contribution in [3.05, 3.63) is 28.5 Å². The number of aromatic nitrogens is 3. The minimum absolute atomic E-state index is 0.360. The first kappa shape index (κ1) is 14.5. The third-order valence-corrected chi connectivity index (χ3v) is 3.64. The molecule has 0 amide bonds. The summed E-state index contributed by atoms with van der Waals surface area (Å²) in [5, 5.41) is 8.09. The Hall–Kier alpha value is -1.89. The fourth-order valence-electron chi connectivity index (χ4n) is 1.78. The number of nitrogens with one attached hydrogen (secondary N) is 1. The molecule has 2 rings (SSSR count). The first-order valence-electron chi connectivity index (χ1n) is 6.46. The Morgan fingerprint density at radius 1 is 1.55 bits per heavy atom. The highest BCUT2D eigenvalue weighted by Crippen LogP contribution is 2.22. The van der Waals surface area contributed by atoms with Gasteiger partial charge in [-0.1, -0.05) is 0 Å². The summed E-state index contributed by atoms with van der Waals surface area (Å²) in [6, 6.07) is 0. The minimum Gasteiger partial charge on any atom is -0.461 e. The van der Waals surface area contributed by atoms with Crippen molar-refractivity contribution in [3.8, 4) is 0 Å². The first-order valence-corrected chi connectivity index (χ1v) is 7.27. The van der Waals surface area contributed by atoms with E-state index in [-0.39, 0.29) is 5.97 Å². The summed E-state index contributed by atoms with van der Waals surface area (Å²) in [7, 11) is 1.90. The largest absolute Gasteiger partial charge is 0.461 e. The molecule has 0 saturated heterocycles. The maximum Gasteiger partial charge on any atom is 0.358 e. The molecule has 0 atom stereocenters. The fraction of sp³-hybridized carbons (Fsp3) is 0.462. The molecule has 0 aliphatic heterocycles. The van der Waals surface area contributed by atoms with Gasteiger partial charge in [0.15, 0.2) is 10.8 Å². The van der Waals surface area contributed by atoms with Crippen LogP contribution >= 0.6 is 11.3 Å². The van der Waals surface area contributed by atoms with Gasteiger partial charge in [0, 0.05) is 24.7 Å². The summed E-state index contributed by atoms with van der Waals surface area (Å²) in [6.07, 6.45) is 4.69. The van der Waals surface area contributed by atoms with Crippen molar-refractivity contribution in [1.29, 1.82) is 0 Å². The third kappa shape index (κ3) is 3.57. The van der Waals surface area contributed by atoms with E-state index in [0.29, 0.717) is 12.3 Å². The van der Waals surface area contributed by atoms with E-state index in [1.807, 2.05) is 26.4 Å². The number of rotatable bonds is 6. The number of hydrogen-bond donors (Lipinski definition) is 1. The van der Waals surface area contributed by atoms with E-state index < -0.39 is 0 Å². The molecule has 0 radical (unpaired) electrons. The van der Waals surface area contributed by atoms with Crippen LogP contribution in [0.2, 0.25) is 0 Å². The molecular formula is C13H18N4O2S. The van der Waals surface area contributed by atoms with E-state index in [1.54, 1.807) is 11.6 Å². The van der Waals surface area contributed by atoms with Crippen molar-refractivity contribution in [1.82, 2.24) is 14.8 Å². The maximum atomic E-state index is 11.7. The van der Waals surface area contributed by atoms with Gasteiger partial charge in [-0.3, -0.25) is 4.68 Å². The number of aryl methyl sites for hydroxylation is 2. The third-order valence-electron chi connectivity index (χ3n) is 2.71. The molecule has 108 valence electrons. The van der Waals surface area contributed by atoms with Gasteiger partial charge in [-0.05, 0) is 25.8 Å². The summed E-state index contributed by atoms with van der Waals surface area (Å²) < 4.78 is 6.74. The van der Waals surface area contributed by atoms with E-state index in [2.05, 4.69) is 15.4 Å². The van der Waals surface area contributed by atoms with Crippen LogP contribution in [0.15, 0.2) is 12.4 Å². The van der Waals surface area contributed by atoms with Crippen molar-refractivity contribution >= 4 is 22.4 Å². The van der Waals surface area contributed by atoms with E-state index in [4.69, 9.17) is 4.74 Å². The molecule has 0 bridgehead atoms. The molecule has 0 saturated carbocycles. The lowest BCUT2D eigenvalue weighted by molar-refractivity contribution is 0.0519. The lowest BCUT2D eigenvalue weighted by Crippen LogP contribution is -2.08. The standard InChI is InChI=1S/C13H18N4O2S/c1-4-19-12(18)11-9(2)20-13(16-11)14-6-5-10-7-15-17(3)8-10/h7-8H,4-6H2,1-3H3,(H,14,16). The molecule has 2 aromatic rings. The van der Waals surface area contributed by atoms with Crippen LogP contribution in [-0.2, 0) is 18.2 Å². The Labute approximate surface area is 121 Å². The van der Waals surface area contributed by atoms with E-state index in [0.717, 1.165) is 23.0 Å². The molecule has 2 aromatic heterocycles. The predicted molar refractivity (Wildman–Crippen MR) is 78.2 cm³/mol. The van der Waals surface area contributed by atoms with E-state index in [1.165, 1.54) is 16.9 Å². The predicted octanol–water partition coefficient (Wildman–Crippen LogP) is 2.02. The van der Waals surface area contributed by atoms with Crippen molar-refractivity contribution in [2.45, 2.75) is 20.3 Å². The average Bonchev–Trinajstić information content (AvgIpc) is 2.96. The van der Waals surface area contributed by atoms with E-state index >= 15 is 0 Å². The van der Waals surface area contributed by atoms with Gasteiger partial charge >= 0.3 is 5.97 Å². The van der Waals surface area contributed by atoms with Crippen LogP contribution in [0.4, 0.5) is 5.13 Å². The zero-order valence-electron chi connectivity index (χ0n) is 11.8. The molecule has 0 aliphatic carbocycles. The van der Waals surface area contributed by atoms with Crippen LogP contribution in [-0.4, -0.2) is 33.9 Å². The van der Waals surface area contributed by atoms with Crippen molar-refractivity contribution < 1.29 is 9.53 Å². The molecule has 0 fully saturated rings. The normalized spacial score (nSPS) is 10.6. The lowest BCUT2D eigenvalue weighted by atomic mass is 10.2. The maximum absolute atomic E-state index is 11.7. The summed E-state index contributed by atoms with van der Waals surface area (Å²) in [6.45, 7) is 4.77. The Morgan fingerprint density at radius 2 is 2.35 bits per heavy atom. The SMILES string of the molecule is CCOC(=O)c1nc(NCCc2cnn(C)c2)sc1C. The second kappa shape index (κ2) is 6.51. The lowest BCUT2D eigenvalue weighted by Gasteiger charge is -2.00.